The maximum absolute atomic E-state index is 10.4. The minimum Gasteiger partial charge on any atom is -0.387 e. The molecular weight excluding hydrogens is 296 g/mol. The summed E-state index contributed by atoms with van der Waals surface area (Å²) in [6.45, 7) is 2.55. The fourth-order valence-electron chi connectivity index (χ4n) is 2.77. The number of pyridine rings is 1. The molecule has 0 aliphatic carbocycles. The molecule has 24 heavy (non-hydrogen) atoms. The fraction of sp³-hybridized carbons (Fsp3) is 0.190. The molecule has 0 saturated heterocycles. The molecule has 2 unspecified atom stereocenters. The quantitative estimate of drug-likeness (QED) is 0.726. The first-order chi connectivity index (χ1) is 11.7. The van der Waals surface area contributed by atoms with E-state index in [4.69, 9.17) is 0 Å². The molecule has 0 fully saturated rings. The van der Waals surface area contributed by atoms with Crippen molar-refractivity contribution in [2.75, 3.05) is 6.54 Å². The van der Waals surface area contributed by atoms with Crippen molar-refractivity contribution in [2.24, 2.45) is 0 Å². The van der Waals surface area contributed by atoms with Crippen LogP contribution >= 0.6 is 0 Å². The highest BCUT2D eigenvalue weighted by Gasteiger charge is 2.16. The van der Waals surface area contributed by atoms with Crippen LogP contribution in [0.5, 0.6) is 0 Å². The van der Waals surface area contributed by atoms with Crippen molar-refractivity contribution < 1.29 is 5.11 Å². The Morgan fingerprint density at radius 2 is 1.46 bits per heavy atom. The van der Waals surface area contributed by atoms with E-state index < -0.39 is 6.10 Å². The predicted octanol–water partition coefficient (Wildman–Crippen LogP) is 3.80. The number of rotatable bonds is 6. The number of aromatic nitrogens is 1. The maximum atomic E-state index is 10.4. The average Bonchev–Trinajstić information content (AvgIpc) is 2.65. The van der Waals surface area contributed by atoms with Crippen LogP contribution in [0.15, 0.2) is 79.1 Å². The van der Waals surface area contributed by atoms with E-state index in [0.29, 0.717) is 6.54 Å². The van der Waals surface area contributed by atoms with E-state index in [1.165, 1.54) is 16.7 Å². The molecule has 1 heterocycles. The Bertz CT molecular complexity index is 742. The topological polar surface area (TPSA) is 45.1 Å². The van der Waals surface area contributed by atoms with Gasteiger partial charge in [-0.1, -0.05) is 60.2 Å². The number of aliphatic hydroxyl groups excluding tert-OH is 1. The summed E-state index contributed by atoms with van der Waals surface area (Å²) in [5.74, 6) is 0. The minimum absolute atomic E-state index is 0.0447. The van der Waals surface area contributed by atoms with Gasteiger partial charge in [-0.2, -0.15) is 0 Å². The highest BCUT2D eigenvalue weighted by molar-refractivity contribution is 5.33. The van der Waals surface area contributed by atoms with Gasteiger partial charge >= 0.3 is 0 Å². The van der Waals surface area contributed by atoms with E-state index in [1.54, 1.807) is 12.4 Å². The molecule has 1 aromatic heterocycles. The summed E-state index contributed by atoms with van der Waals surface area (Å²) >= 11 is 0. The average molecular weight is 318 g/mol. The standard InChI is InChI=1S/C21H22N2O/c1-16-7-9-19(10-8-16)21(18-5-3-2-4-6-18)23-15-20(24)17-11-13-22-14-12-17/h2-14,20-21,23-24H,15H2,1H3. The number of aryl methyl sites for hydroxylation is 1. The summed E-state index contributed by atoms with van der Waals surface area (Å²) < 4.78 is 0. The molecule has 0 saturated carbocycles. The summed E-state index contributed by atoms with van der Waals surface area (Å²) in [4.78, 5) is 3.99. The van der Waals surface area contributed by atoms with Gasteiger partial charge in [0.05, 0.1) is 12.1 Å². The predicted molar refractivity (Wildman–Crippen MR) is 96.7 cm³/mol. The van der Waals surface area contributed by atoms with Crippen LogP contribution in [0.1, 0.15) is 34.4 Å². The van der Waals surface area contributed by atoms with Crippen LogP contribution in [-0.4, -0.2) is 16.6 Å². The summed E-state index contributed by atoms with van der Waals surface area (Å²) in [6, 6.07) is 22.5. The van der Waals surface area contributed by atoms with Crippen molar-refractivity contribution in [1.82, 2.24) is 10.3 Å². The summed E-state index contributed by atoms with van der Waals surface area (Å²) in [6.07, 6.45) is 2.84. The molecular formula is C21H22N2O. The summed E-state index contributed by atoms with van der Waals surface area (Å²) in [7, 11) is 0. The van der Waals surface area contributed by atoms with Gasteiger partial charge in [0, 0.05) is 18.9 Å². The van der Waals surface area contributed by atoms with Gasteiger partial charge in [-0.25, -0.2) is 0 Å². The van der Waals surface area contributed by atoms with Crippen LogP contribution in [0.2, 0.25) is 0 Å². The van der Waals surface area contributed by atoms with Gasteiger partial charge in [-0.3, -0.25) is 4.98 Å². The monoisotopic (exact) mass is 318 g/mol. The smallest absolute Gasteiger partial charge is 0.0915 e. The van der Waals surface area contributed by atoms with Crippen molar-refractivity contribution in [2.45, 2.75) is 19.1 Å². The molecule has 0 spiro atoms. The number of nitrogens with one attached hydrogen (secondary N) is 1. The lowest BCUT2D eigenvalue weighted by Gasteiger charge is -2.22. The number of hydrogen-bond donors (Lipinski definition) is 2. The Kier molecular flexibility index (Phi) is 5.36. The van der Waals surface area contributed by atoms with Crippen molar-refractivity contribution in [3.8, 4) is 0 Å². The van der Waals surface area contributed by atoms with Crippen LogP contribution in [0.4, 0.5) is 0 Å². The second kappa shape index (κ2) is 7.86. The number of benzene rings is 2. The molecule has 3 rings (SSSR count). The third kappa shape index (κ3) is 4.07. The molecule has 3 heteroatoms. The van der Waals surface area contributed by atoms with E-state index in [1.807, 2.05) is 30.3 Å². The lowest BCUT2D eigenvalue weighted by molar-refractivity contribution is 0.172. The van der Waals surface area contributed by atoms with Gasteiger partial charge in [-0.15, -0.1) is 0 Å². The SMILES string of the molecule is Cc1ccc(C(NCC(O)c2ccncc2)c2ccccc2)cc1. The minimum atomic E-state index is -0.565. The Morgan fingerprint density at radius 1 is 0.833 bits per heavy atom. The van der Waals surface area contributed by atoms with E-state index in [-0.39, 0.29) is 6.04 Å². The Hall–Kier alpha value is -2.49. The first kappa shape index (κ1) is 16.4. The molecule has 0 aliphatic rings. The van der Waals surface area contributed by atoms with Crippen LogP contribution in [0.3, 0.4) is 0 Å². The molecule has 0 bridgehead atoms. The zero-order valence-electron chi connectivity index (χ0n) is 13.8. The highest BCUT2D eigenvalue weighted by atomic mass is 16.3. The summed E-state index contributed by atoms with van der Waals surface area (Å²) in [5, 5.41) is 13.9. The molecule has 0 amide bonds. The van der Waals surface area contributed by atoms with E-state index in [9.17, 15) is 5.11 Å². The van der Waals surface area contributed by atoms with Crippen molar-refractivity contribution in [3.05, 3.63) is 101 Å². The van der Waals surface area contributed by atoms with Crippen molar-refractivity contribution in [3.63, 3.8) is 0 Å². The lowest BCUT2D eigenvalue weighted by atomic mass is 9.97. The zero-order valence-corrected chi connectivity index (χ0v) is 13.8. The molecule has 0 radical (unpaired) electrons. The zero-order chi connectivity index (χ0) is 16.8. The normalized spacial score (nSPS) is 13.4. The summed E-state index contributed by atoms with van der Waals surface area (Å²) in [5.41, 5.74) is 4.48. The third-order valence-electron chi connectivity index (χ3n) is 4.15. The first-order valence-electron chi connectivity index (χ1n) is 8.17. The molecule has 2 N–H and O–H groups in total. The Morgan fingerprint density at radius 3 is 2.12 bits per heavy atom. The van der Waals surface area contributed by atoms with Gasteiger partial charge in [-0.05, 0) is 35.7 Å². The maximum Gasteiger partial charge on any atom is 0.0915 e. The Balaban J connectivity index is 1.79. The second-order valence-corrected chi connectivity index (χ2v) is 5.96. The van der Waals surface area contributed by atoms with Crippen molar-refractivity contribution >= 4 is 0 Å². The molecule has 3 aromatic rings. The molecule has 2 aromatic carbocycles. The van der Waals surface area contributed by atoms with Crippen LogP contribution < -0.4 is 5.32 Å². The Labute approximate surface area is 143 Å². The van der Waals surface area contributed by atoms with Crippen LogP contribution in [0, 0.1) is 6.92 Å². The van der Waals surface area contributed by atoms with Crippen LogP contribution in [-0.2, 0) is 0 Å². The van der Waals surface area contributed by atoms with Gasteiger partial charge < -0.3 is 10.4 Å². The van der Waals surface area contributed by atoms with Gasteiger partial charge in [0.1, 0.15) is 0 Å². The van der Waals surface area contributed by atoms with Crippen molar-refractivity contribution in [1.29, 1.82) is 0 Å². The van der Waals surface area contributed by atoms with E-state index in [2.05, 4.69) is 53.6 Å². The molecule has 122 valence electrons. The van der Waals surface area contributed by atoms with Crippen LogP contribution in [0.25, 0.3) is 0 Å². The largest absolute Gasteiger partial charge is 0.387 e. The fourth-order valence-corrected chi connectivity index (χ4v) is 2.77. The first-order valence-corrected chi connectivity index (χ1v) is 8.17. The number of hydrogen-bond acceptors (Lipinski definition) is 3. The number of nitrogens with zero attached hydrogens (tertiary/aromatic N) is 1. The molecule has 2 atom stereocenters. The van der Waals surface area contributed by atoms with Gasteiger partial charge in [0.25, 0.3) is 0 Å². The molecule has 0 aliphatic heterocycles. The third-order valence-corrected chi connectivity index (χ3v) is 4.15. The van der Waals surface area contributed by atoms with Gasteiger partial charge in [0.2, 0.25) is 0 Å². The highest BCUT2D eigenvalue weighted by Crippen LogP contribution is 2.23. The lowest BCUT2D eigenvalue weighted by Crippen LogP contribution is -2.27. The molecule has 3 nitrogen and oxygen atoms in total. The number of aliphatic hydroxyl groups is 1. The van der Waals surface area contributed by atoms with E-state index in [0.717, 1.165) is 5.56 Å². The van der Waals surface area contributed by atoms with E-state index >= 15 is 0 Å². The second-order valence-electron chi connectivity index (χ2n) is 5.96. The van der Waals surface area contributed by atoms with Gasteiger partial charge in [0.15, 0.2) is 0 Å².